The van der Waals surface area contributed by atoms with Crippen LogP contribution >= 0.6 is 11.3 Å². The summed E-state index contributed by atoms with van der Waals surface area (Å²) in [4.78, 5) is 5.33. The summed E-state index contributed by atoms with van der Waals surface area (Å²) in [6.45, 7) is 1.95. The van der Waals surface area contributed by atoms with Crippen molar-refractivity contribution in [2.24, 2.45) is 0 Å². The maximum absolute atomic E-state index is 5.64. The van der Waals surface area contributed by atoms with Gasteiger partial charge in [-0.05, 0) is 37.1 Å². The third-order valence-corrected chi connectivity index (χ3v) is 3.36. The van der Waals surface area contributed by atoms with Gasteiger partial charge < -0.3 is 11.1 Å². The number of nitrogens with two attached hydrogens (primary N) is 1. The van der Waals surface area contributed by atoms with Crippen molar-refractivity contribution in [2.75, 3.05) is 12.3 Å². The van der Waals surface area contributed by atoms with Crippen molar-refractivity contribution in [1.82, 2.24) is 10.3 Å². The Morgan fingerprint density at radius 1 is 1.24 bits per heavy atom. The zero-order chi connectivity index (χ0) is 11.9. The monoisotopic (exact) mass is 247 g/mol. The first kappa shape index (κ1) is 12.1. The lowest BCUT2D eigenvalue weighted by atomic mass is 10.1. The van der Waals surface area contributed by atoms with Gasteiger partial charge in [0, 0.05) is 23.3 Å². The Kier molecular flexibility index (Phi) is 4.53. The van der Waals surface area contributed by atoms with Crippen molar-refractivity contribution < 1.29 is 0 Å². The number of benzene rings is 1. The van der Waals surface area contributed by atoms with Gasteiger partial charge >= 0.3 is 0 Å². The second-order valence-corrected chi connectivity index (χ2v) is 4.96. The highest BCUT2D eigenvalue weighted by atomic mass is 32.1. The molecule has 0 aliphatic carbocycles. The number of thiazole rings is 1. The van der Waals surface area contributed by atoms with E-state index in [0.717, 1.165) is 31.6 Å². The fourth-order valence-electron chi connectivity index (χ4n) is 1.64. The SMILES string of the molecule is Nc1ccc(CCCNCc2cncs2)cc1. The van der Waals surface area contributed by atoms with Crippen LogP contribution in [0.2, 0.25) is 0 Å². The predicted octanol–water partition coefficient (Wildman–Crippen LogP) is 2.45. The molecule has 17 heavy (non-hydrogen) atoms. The first-order valence-electron chi connectivity index (χ1n) is 5.77. The van der Waals surface area contributed by atoms with E-state index in [0.29, 0.717) is 0 Å². The third kappa shape index (κ3) is 4.17. The number of aryl methyl sites for hydroxylation is 1. The molecule has 0 amide bonds. The minimum atomic E-state index is 0.831. The fourth-order valence-corrected chi connectivity index (χ4v) is 2.21. The zero-order valence-electron chi connectivity index (χ0n) is 9.73. The number of nitrogens with one attached hydrogen (secondary N) is 1. The quantitative estimate of drug-likeness (QED) is 0.609. The molecule has 2 rings (SSSR count). The van der Waals surface area contributed by atoms with E-state index in [2.05, 4.69) is 22.4 Å². The van der Waals surface area contributed by atoms with Crippen molar-refractivity contribution in [3.05, 3.63) is 46.4 Å². The molecule has 0 saturated carbocycles. The van der Waals surface area contributed by atoms with Gasteiger partial charge in [-0.25, -0.2) is 0 Å². The highest BCUT2D eigenvalue weighted by molar-refractivity contribution is 7.09. The van der Waals surface area contributed by atoms with E-state index in [9.17, 15) is 0 Å². The first-order chi connectivity index (χ1) is 8.34. The number of aromatic nitrogens is 1. The summed E-state index contributed by atoms with van der Waals surface area (Å²) in [5, 5.41) is 3.42. The van der Waals surface area contributed by atoms with Crippen LogP contribution in [0.15, 0.2) is 36.0 Å². The van der Waals surface area contributed by atoms with Gasteiger partial charge in [0.25, 0.3) is 0 Å². The van der Waals surface area contributed by atoms with Crippen LogP contribution in [0, 0.1) is 0 Å². The van der Waals surface area contributed by atoms with Gasteiger partial charge in [0.05, 0.1) is 5.51 Å². The summed E-state index contributed by atoms with van der Waals surface area (Å²) in [6.07, 6.45) is 4.15. The molecule has 0 aliphatic heterocycles. The largest absolute Gasteiger partial charge is 0.399 e. The highest BCUT2D eigenvalue weighted by Gasteiger charge is 1.95. The average Bonchev–Trinajstić information content (AvgIpc) is 2.84. The van der Waals surface area contributed by atoms with Crippen molar-refractivity contribution in [3.8, 4) is 0 Å². The zero-order valence-corrected chi connectivity index (χ0v) is 10.5. The van der Waals surface area contributed by atoms with E-state index in [1.807, 2.05) is 23.8 Å². The Balaban J connectivity index is 1.61. The molecule has 4 heteroatoms. The Morgan fingerprint density at radius 3 is 2.76 bits per heavy atom. The molecule has 0 bridgehead atoms. The standard InChI is InChI=1S/C13H17N3S/c14-12-5-3-11(4-6-12)2-1-7-15-8-13-9-16-10-17-13/h3-6,9-10,15H,1-2,7-8,14H2. The van der Waals surface area contributed by atoms with Crippen LogP contribution in [0.3, 0.4) is 0 Å². The Labute approximate surface area is 106 Å². The van der Waals surface area contributed by atoms with E-state index in [1.54, 1.807) is 11.3 Å². The molecule has 90 valence electrons. The van der Waals surface area contributed by atoms with Gasteiger partial charge in [-0.15, -0.1) is 11.3 Å². The van der Waals surface area contributed by atoms with Gasteiger partial charge in [0.15, 0.2) is 0 Å². The van der Waals surface area contributed by atoms with Crippen LogP contribution in [0.4, 0.5) is 5.69 Å². The van der Waals surface area contributed by atoms with E-state index >= 15 is 0 Å². The van der Waals surface area contributed by atoms with Crippen molar-refractivity contribution >= 4 is 17.0 Å². The number of nitrogen functional groups attached to an aromatic ring is 1. The lowest BCUT2D eigenvalue weighted by molar-refractivity contribution is 0.654. The van der Waals surface area contributed by atoms with Crippen LogP contribution in [-0.4, -0.2) is 11.5 Å². The molecule has 0 spiro atoms. The summed E-state index contributed by atoms with van der Waals surface area (Å²) in [5.41, 5.74) is 9.68. The molecule has 1 aromatic heterocycles. The van der Waals surface area contributed by atoms with E-state index in [-0.39, 0.29) is 0 Å². The summed E-state index contributed by atoms with van der Waals surface area (Å²) in [5.74, 6) is 0. The number of anilines is 1. The number of nitrogens with zero attached hydrogens (tertiary/aromatic N) is 1. The van der Waals surface area contributed by atoms with Gasteiger partial charge in [-0.3, -0.25) is 4.98 Å². The van der Waals surface area contributed by atoms with Gasteiger partial charge in [0.2, 0.25) is 0 Å². The fraction of sp³-hybridized carbons (Fsp3) is 0.308. The molecule has 2 aromatic rings. The third-order valence-electron chi connectivity index (χ3n) is 2.58. The molecule has 0 atom stereocenters. The molecule has 1 heterocycles. The maximum atomic E-state index is 5.64. The van der Waals surface area contributed by atoms with E-state index in [4.69, 9.17) is 5.73 Å². The van der Waals surface area contributed by atoms with Crippen LogP contribution < -0.4 is 11.1 Å². The number of hydrogen-bond acceptors (Lipinski definition) is 4. The predicted molar refractivity (Wildman–Crippen MR) is 73.0 cm³/mol. The molecule has 0 unspecified atom stereocenters. The molecule has 0 saturated heterocycles. The summed E-state index contributed by atoms with van der Waals surface area (Å²) >= 11 is 1.69. The number of hydrogen-bond donors (Lipinski definition) is 2. The molecule has 1 aromatic carbocycles. The van der Waals surface area contributed by atoms with Gasteiger partial charge in [-0.1, -0.05) is 12.1 Å². The smallest absolute Gasteiger partial charge is 0.0794 e. The van der Waals surface area contributed by atoms with Crippen molar-refractivity contribution in [3.63, 3.8) is 0 Å². The summed E-state index contributed by atoms with van der Waals surface area (Å²) in [6, 6.07) is 8.11. The number of rotatable bonds is 6. The molecular weight excluding hydrogens is 230 g/mol. The van der Waals surface area contributed by atoms with Crippen LogP contribution in [-0.2, 0) is 13.0 Å². The highest BCUT2D eigenvalue weighted by Crippen LogP contribution is 2.07. The van der Waals surface area contributed by atoms with Crippen LogP contribution in [0.1, 0.15) is 16.9 Å². The van der Waals surface area contributed by atoms with Crippen LogP contribution in [0.5, 0.6) is 0 Å². The second kappa shape index (κ2) is 6.37. The normalized spacial score (nSPS) is 10.6. The Morgan fingerprint density at radius 2 is 2.06 bits per heavy atom. The first-order valence-corrected chi connectivity index (χ1v) is 6.65. The van der Waals surface area contributed by atoms with E-state index < -0.39 is 0 Å². The van der Waals surface area contributed by atoms with Crippen LogP contribution in [0.25, 0.3) is 0 Å². The minimum absolute atomic E-state index is 0.831. The lowest BCUT2D eigenvalue weighted by Gasteiger charge is -2.03. The van der Waals surface area contributed by atoms with Gasteiger partial charge in [0.1, 0.15) is 0 Å². The van der Waals surface area contributed by atoms with Gasteiger partial charge in [-0.2, -0.15) is 0 Å². The molecule has 0 radical (unpaired) electrons. The Hall–Kier alpha value is -1.39. The average molecular weight is 247 g/mol. The molecule has 3 nitrogen and oxygen atoms in total. The minimum Gasteiger partial charge on any atom is -0.399 e. The topological polar surface area (TPSA) is 50.9 Å². The van der Waals surface area contributed by atoms with Crippen molar-refractivity contribution in [1.29, 1.82) is 0 Å². The van der Waals surface area contributed by atoms with Crippen molar-refractivity contribution in [2.45, 2.75) is 19.4 Å². The molecular formula is C13H17N3S. The molecule has 0 fully saturated rings. The summed E-state index contributed by atoms with van der Waals surface area (Å²) in [7, 11) is 0. The maximum Gasteiger partial charge on any atom is 0.0794 e. The lowest BCUT2D eigenvalue weighted by Crippen LogP contribution is -2.14. The van der Waals surface area contributed by atoms with E-state index in [1.165, 1.54) is 10.4 Å². The molecule has 3 N–H and O–H groups in total. The second-order valence-electron chi connectivity index (χ2n) is 3.99. The summed E-state index contributed by atoms with van der Waals surface area (Å²) < 4.78 is 0. The Bertz CT molecular complexity index is 422. The molecule has 0 aliphatic rings.